The van der Waals surface area contributed by atoms with Gasteiger partial charge in [0.1, 0.15) is 6.33 Å². The molecule has 1 aromatic heterocycles. The number of alkyl halides is 3. The number of halogens is 3. The number of thioether (sulfide) groups is 1. The van der Waals surface area contributed by atoms with E-state index < -0.39 is 11.7 Å². The van der Waals surface area contributed by atoms with Crippen LogP contribution in [0.2, 0.25) is 0 Å². The topological polar surface area (TPSA) is 39.9 Å². The van der Waals surface area contributed by atoms with Crippen LogP contribution in [0.15, 0.2) is 35.7 Å². The van der Waals surface area contributed by atoms with E-state index in [0.29, 0.717) is 29.6 Å². The highest BCUT2D eigenvalue weighted by Gasteiger charge is 2.30. The summed E-state index contributed by atoms with van der Waals surface area (Å²) in [5.74, 6) is 0.398. The number of aromatic nitrogens is 3. The fraction of sp³-hybridized carbons (Fsp3) is 0.385. The lowest BCUT2D eigenvalue weighted by molar-refractivity contribution is -0.137. The Morgan fingerprint density at radius 1 is 1.33 bits per heavy atom. The zero-order chi connectivity index (χ0) is 15.3. The molecule has 0 aliphatic heterocycles. The molecular weight excluding hydrogens is 303 g/mol. The molecule has 0 N–H and O–H groups in total. The van der Waals surface area contributed by atoms with Gasteiger partial charge in [-0.05, 0) is 11.6 Å². The first-order chi connectivity index (χ1) is 10.0. The van der Waals surface area contributed by atoms with Crippen LogP contribution in [-0.2, 0) is 23.2 Å². The highest BCUT2D eigenvalue weighted by atomic mass is 32.2. The average molecular weight is 317 g/mol. The molecule has 21 heavy (non-hydrogen) atoms. The van der Waals surface area contributed by atoms with Gasteiger partial charge in [-0.25, -0.2) is 0 Å². The normalized spacial score (nSPS) is 11.8. The molecule has 0 amide bonds. The van der Waals surface area contributed by atoms with Crippen molar-refractivity contribution in [3.05, 3.63) is 41.7 Å². The average Bonchev–Trinajstić information content (AvgIpc) is 2.90. The zero-order valence-electron chi connectivity index (χ0n) is 11.3. The molecule has 0 spiro atoms. The molecule has 0 aliphatic rings. The van der Waals surface area contributed by atoms with E-state index >= 15 is 0 Å². The van der Waals surface area contributed by atoms with Crippen LogP contribution in [0.1, 0.15) is 11.1 Å². The Kier molecular flexibility index (Phi) is 5.24. The quantitative estimate of drug-likeness (QED) is 0.767. The van der Waals surface area contributed by atoms with E-state index in [4.69, 9.17) is 4.74 Å². The smallest absolute Gasteiger partial charge is 0.383 e. The van der Waals surface area contributed by atoms with E-state index in [1.807, 2.05) is 4.57 Å². The molecule has 114 valence electrons. The SMILES string of the molecule is COCCn1cnnc1SCc1cccc(C(F)(F)F)c1. The van der Waals surface area contributed by atoms with Crippen LogP contribution in [0, 0.1) is 0 Å². The third kappa shape index (κ3) is 4.47. The van der Waals surface area contributed by atoms with Gasteiger partial charge in [-0.3, -0.25) is 0 Å². The summed E-state index contributed by atoms with van der Waals surface area (Å²) in [6.07, 6.45) is -2.74. The van der Waals surface area contributed by atoms with Crippen LogP contribution in [0.25, 0.3) is 0 Å². The Hall–Kier alpha value is -1.54. The molecule has 1 aromatic carbocycles. The van der Waals surface area contributed by atoms with Crippen molar-refractivity contribution in [2.75, 3.05) is 13.7 Å². The maximum atomic E-state index is 12.6. The number of hydrogen-bond donors (Lipinski definition) is 0. The Morgan fingerprint density at radius 3 is 2.86 bits per heavy atom. The highest BCUT2D eigenvalue weighted by molar-refractivity contribution is 7.98. The summed E-state index contributed by atoms with van der Waals surface area (Å²) in [5, 5.41) is 8.41. The first kappa shape index (κ1) is 15.8. The first-order valence-corrected chi connectivity index (χ1v) is 7.15. The number of rotatable bonds is 6. The van der Waals surface area contributed by atoms with Gasteiger partial charge < -0.3 is 9.30 Å². The van der Waals surface area contributed by atoms with Crippen molar-refractivity contribution in [1.29, 1.82) is 0 Å². The minimum atomic E-state index is -4.32. The second kappa shape index (κ2) is 6.95. The maximum Gasteiger partial charge on any atom is 0.416 e. The summed E-state index contributed by atoms with van der Waals surface area (Å²) >= 11 is 1.34. The van der Waals surface area contributed by atoms with Crippen LogP contribution in [0.4, 0.5) is 13.2 Å². The molecule has 0 radical (unpaired) electrons. The number of hydrogen-bond acceptors (Lipinski definition) is 4. The molecule has 0 aliphatic carbocycles. The number of ether oxygens (including phenoxy) is 1. The van der Waals surface area contributed by atoms with Crippen LogP contribution >= 0.6 is 11.8 Å². The van der Waals surface area contributed by atoms with Crippen molar-refractivity contribution in [1.82, 2.24) is 14.8 Å². The summed E-state index contributed by atoms with van der Waals surface area (Å²) in [6, 6.07) is 5.30. The molecule has 8 heteroatoms. The summed E-state index contributed by atoms with van der Waals surface area (Å²) in [6.45, 7) is 1.13. The fourth-order valence-electron chi connectivity index (χ4n) is 1.68. The zero-order valence-corrected chi connectivity index (χ0v) is 12.1. The van der Waals surface area contributed by atoms with Crippen molar-refractivity contribution < 1.29 is 17.9 Å². The molecule has 0 unspecified atom stereocenters. The monoisotopic (exact) mass is 317 g/mol. The highest BCUT2D eigenvalue weighted by Crippen LogP contribution is 2.30. The molecular formula is C13H14F3N3OS. The predicted octanol–water partition coefficient (Wildman–Crippen LogP) is 3.24. The second-order valence-corrected chi connectivity index (χ2v) is 5.23. The van der Waals surface area contributed by atoms with Crippen LogP contribution in [-0.4, -0.2) is 28.5 Å². The lowest BCUT2D eigenvalue weighted by Crippen LogP contribution is -2.05. The molecule has 0 atom stereocenters. The largest absolute Gasteiger partial charge is 0.416 e. The summed E-state index contributed by atoms with van der Waals surface area (Å²) < 4.78 is 44.7. The lowest BCUT2D eigenvalue weighted by atomic mass is 10.1. The standard InChI is InChI=1S/C13H14F3N3OS/c1-20-6-5-19-9-17-18-12(19)21-8-10-3-2-4-11(7-10)13(14,15)16/h2-4,7,9H,5-6,8H2,1H3. The molecule has 2 rings (SSSR count). The summed E-state index contributed by atoms with van der Waals surface area (Å²) in [5.41, 5.74) is -0.0439. The van der Waals surface area contributed by atoms with E-state index in [9.17, 15) is 13.2 Å². The van der Waals surface area contributed by atoms with Crippen LogP contribution < -0.4 is 0 Å². The van der Waals surface area contributed by atoms with Gasteiger partial charge in [-0.1, -0.05) is 30.0 Å². The van der Waals surface area contributed by atoms with Crippen molar-refractivity contribution in [2.24, 2.45) is 0 Å². The number of nitrogens with zero attached hydrogens (tertiary/aromatic N) is 3. The Labute approximate surface area is 124 Å². The van der Waals surface area contributed by atoms with Gasteiger partial charge in [0.2, 0.25) is 0 Å². The van der Waals surface area contributed by atoms with Gasteiger partial charge in [-0.15, -0.1) is 10.2 Å². The van der Waals surface area contributed by atoms with E-state index in [1.54, 1.807) is 19.5 Å². The Bertz CT molecular complexity index is 586. The third-order valence-electron chi connectivity index (χ3n) is 2.74. The summed E-state index contributed by atoms with van der Waals surface area (Å²) in [7, 11) is 1.60. The fourth-order valence-corrected chi connectivity index (χ4v) is 2.57. The molecule has 0 fully saturated rings. The minimum absolute atomic E-state index is 0.398. The van der Waals surface area contributed by atoms with E-state index in [0.717, 1.165) is 12.1 Å². The van der Waals surface area contributed by atoms with Gasteiger partial charge in [0.25, 0.3) is 0 Å². The molecule has 1 heterocycles. The van der Waals surface area contributed by atoms with Crippen LogP contribution in [0.3, 0.4) is 0 Å². The van der Waals surface area contributed by atoms with Crippen molar-refractivity contribution in [3.63, 3.8) is 0 Å². The molecule has 0 saturated heterocycles. The molecule has 0 bridgehead atoms. The van der Waals surface area contributed by atoms with Gasteiger partial charge in [0.15, 0.2) is 5.16 Å². The van der Waals surface area contributed by atoms with E-state index in [2.05, 4.69) is 10.2 Å². The van der Waals surface area contributed by atoms with Gasteiger partial charge in [0, 0.05) is 19.4 Å². The van der Waals surface area contributed by atoms with Gasteiger partial charge in [-0.2, -0.15) is 13.2 Å². The number of methoxy groups -OCH3 is 1. The third-order valence-corrected chi connectivity index (χ3v) is 3.79. The second-order valence-electron chi connectivity index (χ2n) is 4.29. The molecule has 0 saturated carbocycles. The Morgan fingerprint density at radius 2 is 2.14 bits per heavy atom. The van der Waals surface area contributed by atoms with Crippen molar-refractivity contribution in [3.8, 4) is 0 Å². The minimum Gasteiger partial charge on any atom is -0.383 e. The van der Waals surface area contributed by atoms with E-state index in [1.165, 1.54) is 17.8 Å². The van der Waals surface area contributed by atoms with Crippen molar-refractivity contribution >= 4 is 11.8 Å². The number of benzene rings is 1. The Balaban J connectivity index is 2.02. The van der Waals surface area contributed by atoms with E-state index in [-0.39, 0.29) is 0 Å². The van der Waals surface area contributed by atoms with Crippen LogP contribution in [0.5, 0.6) is 0 Å². The summed E-state index contributed by atoms with van der Waals surface area (Å²) in [4.78, 5) is 0. The molecule has 2 aromatic rings. The molecule has 4 nitrogen and oxygen atoms in total. The van der Waals surface area contributed by atoms with Gasteiger partial charge >= 0.3 is 6.18 Å². The first-order valence-electron chi connectivity index (χ1n) is 6.16. The predicted molar refractivity (Wildman–Crippen MR) is 72.9 cm³/mol. The van der Waals surface area contributed by atoms with Crippen molar-refractivity contribution in [2.45, 2.75) is 23.6 Å². The lowest BCUT2D eigenvalue weighted by Gasteiger charge is -2.09. The van der Waals surface area contributed by atoms with Gasteiger partial charge in [0.05, 0.1) is 12.2 Å². The maximum absolute atomic E-state index is 12.6.